The molecule has 7 N–H and O–H groups in total. The number of hydrogen-bond acceptors (Lipinski definition) is 7. The van der Waals surface area contributed by atoms with E-state index in [9.17, 15) is 29.7 Å². The molecule has 12 atom stereocenters. The Hall–Kier alpha value is -2.53. The maximum atomic E-state index is 11.7. The maximum absolute atomic E-state index is 11.7. The van der Waals surface area contributed by atoms with Gasteiger partial charge in [0, 0.05) is 67.6 Å². The number of fused-ring (bicyclic) bond motifs is 8. The highest BCUT2D eigenvalue weighted by Gasteiger charge is 2.47. The predicted molar refractivity (Wildman–Crippen MR) is 173 cm³/mol. The Morgan fingerprint density at radius 1 is 0.667 bits per heavy atom. The minimum absolute atomic E-state index is 0.0306. The summed E-state index contributed by atoms with van der Waals surface area (Å²) in [5.41, 5.74) is 4.92. The van der Waals surface area contributed by atoms with E-state index < -0.39 is 17.9 Å². The fraction of sp³-hybridized carbons (Fsp3) is 0.743. The molecule has 10 nitrogen and oxygen atoms in total. The molecule has 8 bridgehead atoms. The zero-order valence-electron chi connectivity index (χ0n) is 27.4. The van der Waals surface area contributed by atoms with E-state index in [0.29, 0.717) is 31.1 Å². The van der Waals surface area contributed by atoms with Gasteiger partial charge in [-0.1, -0.05) is 42.2 Å². The second-order valence-corrected chi connectivity index (χ2v) is 14.6. The van der Waals surface area contributed by atoms with E-state index in [0.717, 1.165) is 25.7 Å². The molecular weight excluding hydrogens is 572 g/mol. The lowest BCUT2D eigenvalue weighted by atomic mass is 9.80. The van der Waals surface area contributed by atoms with Gasteiger partial charge in [-0.2, -0.15) is 0 Å². The van der Waals surface area contributed by atoms with E-state index in [1.807, 2.05) is 0 Å². The van der Waals surface area contributed by atoms with Crippen LogP contribution in [0.1, 0.15) is 91.9 Å². The topological polar surface area (TPSA) is 160 Å². The monoisotopic (exact) mass is 626 g/mol. The lowest BCUT2D eigenvalue weighted by Gasteiger charge is -2.28. The molecule has 5 heterocycles. The van der Waals surface area contributed by atoms with Crippen molar-refractivity contribution in [3.63, 3.8) is 0 Å². The smallest absolute Gasteiger partial charge is 0.303 e. The minimum Gasteiger partial charge on any atom is -0.481 e. The summed E-state index contributed by atoms with van der Waals surface area (Å²) in [4.78, 5) is 35.0. The van der Waals surface area contributed by atoms with Crippen molar-refractivity contribution in [1.29, 1.82) is 0 Å². The predicted octanol–water partition coefficient (Wildman–Crippen LogP) is 3.84. The van der Waals surface area contributed by atoms with Crippen LogP contribution in [0, 0.1) is 23.7 Å². The van der Waals surface area contributed by atoms with E-state index in [1.165, 1.54) is 22.3 Å². The van der Waals surface area contributed by atoms with Crippen molar-refractivity contribution in [2.75, 3.05) is 0 Å². The Kier molecular flexibility index (Phi) is 10.6. The molecule has 0 amide bonds. The third kappa shape index (κ3) is 7.24. The molecule has 0 aromatic rings. The van der Waals surface area contributed by atoms with Crippen LogP contribution in [0.2, 0.25) is 0 Å². The first kappa shape index (κ1) is 33.8. The summed E-state index contributed by atoms with van der Waals surface area (Å²) in [5.74, 6) is -1.28. The number of hydrogen-bond donors (Lipinski definition) is 7. The normalized spacial score (nSPS) is 39.8. The summed E-state index contributed by atoms with van der Waals surface area (Å²) >= 11 is 0. The fourth-order valence-electron chi connectivity index (χ4n) is 9.64. The molecule has 0 spiro atoms. The van der Waals surface area contributed by atoms with Crippen molar-refractivity contribution < 1.29 is 29.7 Å². The van der Waals surface area contributed by atoms with Crippen LogP contribution in [0.3, 0.4) is 0 Å². The maximum Gasteiger partial charge on any atom is 0.303 e. The summed E-state index contributed by atoms with van der Waals surface area (Å²) in [5, 5.41) is 44.5. The first-order valence-corrected chi connectivity index (χ1v) is 17.1. The molecule has 5 aliphatic rings. The highest BCUT2D eigenvalue weighted by molar-refractivity contribution is 5.68. The molecule has 0 aromatic heterocycles. The molecule has 0 aliphatic carbocycles. The van der Waals surface area contributed by atoms with Gasteiger partial charge < -0.3 is 36.6 Å². The lowest BCUT2D eigenvalue weighted by molar-refractivity contribution is -0.138. The van der Waals surface area contributed by atoms with Crippen LogP contribution >= 0.6 is 0 Å². The van der Waals surface area contributed by atoms with Gasteiger partial charge in [0.15, 0.2) is 0 Å². The van der Waals surface area contributed by atoms with Crippen molar-refractivity contribution in [1.82, 2.24) is 21.3 Å². The molecule has 250 valence electrons. The van der Waals surface area contributed by atoms with Gasteiger partial charge in [0.2, 0.25) is 0 Å². The number of aliphatic carboxylic acids is 3. The average molecular weight is 627 g/mol. The van der Waals surface area contributed by atoms with E-state index in [4.69, 9.17) is 0 Å². The SMILES string of the molecule is C=CC1C2CC3NC(CC4NC(CC5NC(CC(N2)C1C)C(C)=C5CCC(=O)O)C(CCC(=O)O)C4C)C(CCC(=O)O)=C3C. The van der Waals surface area contributed by atoms with Gasteiger partial charge in [-0.25, -0.2) is 0 Å². The average Bonchev–Trinajstić information content (AvgIpc) is 3.63. The van der Waals surface area contributed by atoms with Crippen molar-refractivity contribution >= 4 is 17.9 Å². The fourth-order valence-corrected chi connectivity index (χ4v) is 9.64. The number of nitrogens with one attached hydrogen (secondary N) is 4. The molecule has 0 saturated carbocycles. The second kappa shape index (κ2) is 14.1. The van der Waals surface area contributed by atoms with Crippen LogP contribution in [0.25, 0.3) is 0 Å². The van der Waals surface area contributed by atoms with Gasteiger partial charge in [0.1, 0.15) is 0 Å². The van der Waals surface area contributed by atoms with E-state index in [-0.39, 0.29) is 79.4 Å². The van der Waals surface area contributed by atoms with Crippen LogP contribution in [0.5, 0.6) is 0 Å². The summed E-state index contributed by atoms with van der Waals surface area (Å²) in [6.07, 6.45) is 7.42. The summed E-state index contributed by atoms with van der Waals surface area (Å²) in [6.45, 7) is 13.1. The first-order valence-electron chi connectivity index (χ1n) is 17.1. The number of carboxylic acids is 3. The Balaban J connectivity index is 1.50. The van der Waals surface area contributed by atoms with Gasteiger partial charge in [-0.3, -0.25) is 14.4 Å². The minimum atomic E-state index is -0.796. The molecular formula is C35H54N4O6. The van der Waals surface area contributed by atoms with Gasteiger partial charge in [-0.05, 0) is 82.5 Å². The van der Waals surface area contributed by atoms with Crippen LogP contribution < -0.4 is 21.3 Å². The van der Waals surface area contributed by atoms with E-state index in [2.05, 4.69) is 61.6 Å². The quantitative estimate of drug-likeness (QED) is 0.178. The second-order valence-electron chi connectivity index (χ2n) is 14.6. The van der Waals surface area contributed by atoms with E-state index in [1.54, 1.807) is 0 Å². The highest BCUT2D eigenvalue weighted by Crippen LogP contribution is 2.42. The van der Waals surface area contributed by atoms with Gasteiger partial charge in [-0.15, -0.1) is 6.58 Å². The van der Waals surface area contributed by atoms with Crippen LogP contribution in [-0.2, 0) is 14.4 Å². The number of carboxylic acid groups (broad SMARTS) is 3. The van der Waals surface area contributed by atoms with Crippen molar-refractivity contribution in [3.8, 4) is 0 Å². The standard InChI is InChI=1S/C35H54N4O6/c1-6-21-17(2)25-13-26-18(3)23(8-11-34(42)43)31(37-26)16-32-24(9-12-35(44)45)20(5)28(39-32)15-30-22(7-10-33(40)41)19(4)27(38-30)14-29(21)36-25/h6,17,20-21,24-32,36-39H,1,7-16H2,2-5H3,(H,40,41)(H,42,43)(H,44,45). The zero-order chi connectivity index (χ0) is 32.6. The van der Waals surface area contributed by atoms with Gasteiger partial charge in [0.05, 0.1) is 0 Å². The molecule has 12 unspecified atom stereocenters. The van der Waals surface area contributed by atoms with Gasteiger partial charge in [0.25, 0.3) is 0 Å². The molecule has 3 fully saturated rings. The third-order valence-corrected chi connectivity index (χ3v) is 12.2. The van der Waals surface area contributed by atoms with Crippen molar-refractivity contribution in [2.24, 2.45) is 23.7 Å². The van der Waals surface area contributed by atoms with Crippen LogP contribution in [0.4, 0.5) is 0 Å². The Bertz CT molecular complexity index is 1230. The lowest BCUT2D eigenvalue weighted by Crippen LogP contribution is -2.46. The molecule has 10 heteroatoms. The molecule has 5 aliphatic heterocycles. The Morgan fingerprint density at radius 2 is 1.11 bits per heavy atom. The summed E-state index contributed by atoms with van der Waals surface area (Å²) in [7, 11) is 0. The summed E-state index contributed by atoms with van der Waals surface area (Å²) < 4.78 is 0. The molecule has 3 saturated heterocycles. The number of rotatable bonds is 10. The van der Waals surface area contributed by atoms with E-state index >= 15 is 0 Å². The van der Waals surface area contributed by atoms with Crippen LogP contribution in [-0.4, -0.2) is 81.6 Å². The zero-order valence-corrected chi connectivity index (χ0v) is 27.4. The van der Waals surface area contributed by atoms with Crippen LogP contribution in [0.15, 0.2) is 34.9 Å². The Morgan fingerprint density at radius 3 is 1.62 bits per heavy atom. The summed E-state index contributed by atoms with van der Waals surface area (Å²) in [6, 6.07) is 1.11. The first-order chi connectivity index (χ1) is 21.4. The molecule has 45 heavy (non-hydrogen) atoms. The Labute approximate surface area is 267 Å². The molecule has 5 rings (SSSR count). The van der Waals surface area contributed by atoms with Crippen molar-refractivity contribution in [3.05, 3.63) is 34.9 Å². The van der Waals surface area contributed by atoms with Gasteiger partial charge >= 0.3 is 17.9 Å². The largest absolute Gasteiger partial charge is 0.481 e. The molecule has 0 aromatic carbocycles. The number of carbonyl (C=O) groups is 3. The third-order valence-electron chi connectivity index (χ3n) is 12.2. The van der Waals surface area contributed by atoms with Crippen molar-refractivity contribution in [2.45, 2.75) is 140 Å². The molecule has 0 radical (unpaired) electrons. The highest BCUT2D eigenvalue weighted by atomic mass is 16.4.